The molecule has 3 rings (SSSR count). The van der Waals surface area contributed by atoms with E-state index in [1.807, 2.05) is 61.5 Å². The summed E-state index contributed by atoms with van der Waals surface area (Å²) in [6, 6.07) is 19.3. The Morgan fingerprint density at radius 1 is 1.00 bits per heavy atom. The predicted molar refractivity (Wildman–Crippen MR) is 120 cm³/mol. The van der Waals surface area contributed by atoms with Crippen LogP contribution in [0.3, 0.4) is 0 Å². The number of aryl methyl sites for hydroxylation is 1. The molecule has 31 heavy (non-hydrogen) atoms. The molecule has 0 atom stereocenters. The molecule has 2 amide bonds. The van der Waals surface area contributed by atoms with Crippen molar-refractivity contribution in [3.8, 4) is 0 Å². The lowest BCUT2D eigenvalue weighted by atomic mass is 10.1. The molecule has 0 bridgehead atoms. The minimum absolute atomic E-state index is 0.00428. The first kappa shape index (κ1) is 22.2. The van der Waals surface area contributed by atoms with Gasteiger partial charge in [-0.2, -0.15) is 0 Å². The number of pyridine rings is 1. The Labute approximate surface area is 182 Å². The second-order valence-corrected chi connectivity index (χ2v) is 7.38. The zero-order valence-electron chi connectivity index (χ0n) is 17.9. The number of carbonyl (C=O) groups is 2. The summed E-state index contributed by atoms with van der Waals surface area (Å²) in [6.07, 6.45) is 3.70. The minimum atomic E-state index is -0.119. The molecule has 2 aromatic carbocycles. The standard InChI is InChI=1S/C25H27N3O3/c1-19-5-3-6-21(13-19)17-28(25(30)18-31-2)23-10-8-20(9-11-23)14-24(29)27-16-22-7-4-12-26-15-22/h3-13,15H,14,16-18H2,1-2H3,(H,27,29). The van der Waals surface area contributed by atoms with Crippen molar-refractivity contribution in [2.75, 3.05) is 18.6 Å². The number of aromatic nitrogens is 1. The summed E-state index contributed by atoms with van der Waals surface area (Å²) in [5.74, 6) is -0.186. The zero-order valence-corrected chi connectivity index (χ0v) is 17.9. The molecule has 0 aliphatic carbocycles. The largest absolute Gasteiger partial charge is 0.375 e. The van der Waals surface area contributed by atoms with Gasteiger partial charge in [0, 0.05) is 31.7 Å². The van der Waals surface area contributed by atoms with Gasteiger partial charge >= 0.3 is 0 Å². The lowest BCUT2D eigenvalue weighted by Gasteiger charge is -2.23. The molecule has 0 unspecified atom stereocenters. The molecule has 0 radical (unpaired) electrons. The second-order valence-electron chi connectivity index (χ2n) is 7.38. The van der Waals surface area contributed by atoms with E-state index < -0.39 is 0 Å². The quantitative estimate of drug-likeness (QED) is 0.579. The Morgan fingerprint density at radius 2 is 1.77 bits per heavy atom. The molecule has 0 aliphatic rings. The summed E-state index contributed by atoms with van der Waals surface area (Å²) in [5.41, 5.74) is 4.78. The fourth-order valence-electron chi connectivity index (χ4n) is 3.26. The zero-order chi connectivity index (χ0) is 22.1. The number of rotatable bonds is 9. The Kier molecular flexibility index (Phi) is 7.90. The average molecular weight is 418 g/mol. The van der Waals surface area contributed by atoms with E-state index in [2.05, 4.69) is 16.4 Å². The van der Waals surface area contributed by atoms with Crippen LogP contribution in [-0.4, -0.2) is 30.5 Å². The van der Waals surface area contributed by atoms with Crippen molar-refractivity contribution >= 4 is 17.5 Å². The van der Waals surface area contributed by atoms with Gasteiger partial charge in [-0.1, -0.05) is 48.0 Å². The van der Waals surface area contributed by atoms with Crippen LogP contribution in [0, 0.1) is 6.92 Å². The summed E-state index contributed by atoms with van der Waals surface area (Å²) < 4.78 is 5.06. The van der Waals surface area contributed by atoms with Gasteiger partial charge in [0.2, 0.25) is 5.91 Å². The van der Waals surface area contributed by atoms with E-state index in [-0.39, 0.29) is 24.8 Å². The van der Waals surface area contributed by atoms with Crippen molar-refractivity contribution in [2.24, 2.45) is 0 Å². The van der Waals surface area contributed by atoms with Gasteiger partial charge in [-0.25, -0.2) is 0 Å². The third kappa shape index (κ3) is 6.76. The van der Waals surface area contributed by atoms with Gasteiger partial charge in [0.05, 0.1) is 13.0 Å². The number of nitrogens with zero attached hydrogens (tertiary/aromatic N) is 2. The highest BCUT2D eigenvalue weighted by Crippen LogP contribution is 2.20. The van der Waals surface area contributed by atoms with Crippen molar-refractivity contribution < 1.29 is 14.3 Å². The lowest BCUT2D eigenvalue weighted by Crippen LogP contribution is -2.33. The number of amides is 2. The Balaban J connectivity index is 1.65. The number of ether oxygens (including phenoxy) is 1. The molecule has 1 N–H and O–H groups in total. The van der Waals surface area contributed by atoms with Gasteiger partial charge in [0.15, 0.2) is 0 Å². The molecule has 160 valence electrons. The van der Waals surface area contributed by atoms with Crippen LogP contribution in [0.5, 0.6) is 0 Å². The highest BCUT2D eigenvalue weighted by molar-refractivity contribution is 5.94. The van der Waals surface area contributed by atoms with Crippen molar-refractivity contribution in [3.05, 3.63) is 95.3 Å². The second kappa shape index (κ2) is 11.0. The van der Waals surface area contributed by atoms with Gasteiger partial charge in [0.25, 0.3) is 5.91 Å². The highest BCUT2D eigenvalue weighted by Gasteiger charge is 2.16. The van der Waals surface area contributed by atoms with Gasteiger partial charge < -0.3 is 15.0 Å². The summed E-state index contributed by atoms with van der Waals surface area (Å²) in [7, 11) is 1.51. The molecule has 0 saturated carbocycles. The van der Waals surface area contributed by atoms with E-state index in [0.717, 1.165) is 27.9 Å². The fourth-order valence-corrected chi connectivity index (χ4v) is 3.26. The topological polar surface area (TPSA) is 71.5 Å². The number of benzene rings is 2. The van der Waals surface area contributed by atoms with Crippen molar-refractivity contribution in [3.63, 3.8) is 0 Å². The number of methoxy groups -OCH3 is 1. The van der Waals surface area contributed by atoms with Crippen LogP contribution in [-0.2, 0) is 33.8 Å². The summed E-state index contributed by atoms with van der Waals surface area (Å²) in [6.45, 7) is 2.93. The predicted octanol–water partition coefficient (Wildman–Crippen LogP) is 3.43. The number of hydrogen-bond donors (Lipinski definition) is 1. The Bertz CT molecular complexity index is 1000. The van der Waals surface area contributed by atoms with Crippen molar-refractivity contribution in [2.45, 2.75) is 26.4 Å². The van der Waals surface area contributed by atoms with Crippen molar-refractivity contribution in [1.82, 2.24) is 10.3 Å². The molecule has 0 spiro atoms. The number of hydrogen-bond acceptors (Lipinski definition) is 4. The van der Waals surface area contributed by atoms with E-state index in [1.165, 1.54) is 7.11 Å². The molecule has 6 nitrogen and oxygen atoms in total. The molecule has 1 heterocycles. The van der Waals surface area contributed by atoms with Crippen LogP contribution in [0.15, 0.2) is 73.1 Å². The minimum Gasteiger partial charge on any atom is -0.375 e. The van der Waals surface area contributed by atoms with E-state index in [1.54, 1.807) is 17.3 Å². The van der Waals surface area contributed by atoms with Crippen LogP contribution < -0.4 is 10.2 Å². The molecule has 0 fully saturated rings. The Hall–Kier alpha value is -3.51. The maximum atomic E-state index is 12.6. The van der Waals surface area contributed by atoms with Crippen LogP contribution in [0.1, 0.15) is 22.3 Å². The monoisotopic (exact) mass is 417 g/mol. The Morgan fingerprint density at radius 3 is 2.45 bits per heavy atom. The first-order valence-corrected chi connectivity index (χ1v) is 10.1. The van der Waals surface area contributed by atoms with E-state index in [4.69, 9.17) is 4.74 Å². The molecule has 6 heteroatoms. The van der Waals surface area contributed by atoms with E-state index >= 15 is 0 Å². The van der Waals surface area contributed by atoms with Gasteiger partial charge in [-0.15, -0.1) is 0 Å². The number of carbonyl (C=O) groups excluding carboxylic acids is 2. The van der Waals surface area contributed by atoms with Gasteiger partial charge in [0.1, 0.15) is 6.61 Å². The van der Waals surface area contributed by atoms with E-state index in [0.29, 0.717) is 13.1 Å². The fraction of sp³-hybridized carbons (Fsp3) is 0.240. The molecule has 0 aliphatic heterocycles. The first-order chi connectivity index (χ1) is 15.0. The van der Waals surface area contributed by atoms with Crippen LogP contribution in [0.25, 0.3) is 0 Å². The smallest absolute Gasteiger partial charge is 0.253 e. The van der Waals surface area contributed by atoms with Crippen LogP contribution in [0.4, 0.5) is 5.69 Å². The van der Waals surface area contributed by atoms with Gasteiger partial charge in [-0.05, 0) is 41.8 Å². The highest BCUT2D eigenvalue weighted by atomic mass is 16.5. The normalized spacial score (nSPS) is 10.5. The summed E-state index contributed by atoms with van der Waals surface area (Å²) in [5, 5.41) is 2.90. The molecular formula is C25H27N3O3. The SMILES string of the molecule is COCC(=O)N(Cc1cccc(C)c1)c1ccc(CC(=O)NCc2cccnc2)cc1. The molecule has 1 aromatic heterocycles. The first-order valence-electron chi connectivity index (χ1n) is 10.1. The molecular weight excluding hydrogens is 390 g/mol. The van der Waals surface area contributed by atoms with Crippen molar-refractivity contribution in [1.29, 1.82) is 0 Å². The third-order valence-electron chi connectivity index (χ3n) is 4.82. The van der Waals surface area contributed by atoms with E-state index in [9.17, 15) is 9.59 Å². The number of anilines is 1. The number of nitrogens with one attached hydrogen (secondary N) is 1. The molecule has 0 saturated heterocycles. The van der Waals surface area contributed by atoms with Gasteiger partial charge in [-0.3, -0.25) is 14.6 Å². The third-order valence-corrected chi connectivity index (χ3v) is 4.82. The summed E-state index contributed by atoms with van der Waals surface area (Å²) >= 11 is 0. The lowest BCUT2D eigenvalue weighted by molar-refractivity contribution is -0.122. The van der Waals surface area contributed by atoms with Crippen LogP contribution in [0.2, 0.25) is 0 Å². The maximum Gasteiger partial charge on any atom is 0.253 e. The average Bonchev–Trinajstić information content (AvgIpc) is 2.78. The molecule has 3 aromatic rings. The van der Waals surface area contributed by atoms with Crippen LogP contribution >= 0.6 is 0 Å². The summed E-state index contributed by atoms with van der Waals surface area (Å²) in [4.78, 5) is 30.6. The maximum absolute atomic E-state index is 12.6.